The van der Waals surface area contributed by atoms with Gasteiger partial charge in [-0.05, 0) is 39.7 Å². The Labute approximate surface area is 130 Å². The number of para-hydroxylation sites is 1. The molecule has 100 valence electrons. The van der Waals surface area contributed by atoms with E-state index in [1.165, 1.54) is 0 Å². The van der Waals surface area contributed by atoms with Crippen molar-refractivity contribution in [3.8, 4) is 11.5 Å². The zero-order chi connectivity index (χ0) is 13.7. The molecule has 0 spiro atoms. The lowest BCUT2D eigenvalue weighted by atomic mass is 10.2. The summed E-state index contributed by atoms with van der Waals surface area (Å²) in [5.41, 5.74) is 2.24. The highest BCUT2D eigenvalue weighted by Gasteiger charge is 2.07. The second kappa shape index (κ2) is 6.96. The normalized spacial score (nSPS) is 10.3. The summed E-state index contributed by atoms with van der Waals surface area (Å²) in [7, 11) is 1.66. The van der Waals surface area contributed by atoms with Crippen LogP contribution in [0.1, 0.15) is 11.1 Å². The first-order valence-corrected chi connectivity index (χ1v) is 7.75. The van der Waals surface area contributed by atoms with E-state index in [0.29, 0.717) is 6.61 Å². The fraction of sp³-hybridized carbons (Fsp3) is 0.200. The van der Waals surface area contributed by atoms with Crippen LogP contribution in [-0.4, -0.2) is 7.11 Å². The predicted octanol–water partition coefficient (Wildman–Crippen LogP) is 4.93. The van der Waals surface area contributed by atoms with Gasteiger partial charge in [0.1, 0.15) is 18.1 Å². The average molecular weight is 386 g/mol. The molecule has 0 radical (unpaired) electrons. The molecule has 0 aliphatic heterocycles. The summed E-state index contributed by atoms with van der Waals surface area (Å²) in [6.45, 7) is 0.534. The molecule has 4 heteroatoms. The first kappa shape index (κ1) is 14.4. The van der Waals surface area contributed by atoms with E-state index in [2.05, 4.69) is 31.9 Å². The van der Waals surface area contributed by atoms with E-state index in [1.54, 1.807) is 7.11 Å². The maximum atomic E-state index is 5.90. The molecule has 0 heterocycles. The maximum absolute atomic E-state index is 5.90. The third-order valence-electron chi connectivity index (χ3n) is 2.73. The summed E-state index contributed by atoms with van der Waals surface area (Å²) < 4.78 is 12.0. The summed E-state index contributed by atoms with van der Waals surface area (Å²) in [5, 5.41) is 0.768. The van der Waals surface area contributed by atoms with Gasteiger partial charge in [0.15, 0.2) is 0 Å². The van der Waals surface area contributed by atoms with Crippen LogP contribution in [0.5, 0.6) is 11.5 Å². The largest absolute Gasteiger partial charge is 0.497 e. The molecule has 0 saturated carbocycles. The zero-order valence-corrected chi connectivity index (χ0v) is 13.7. The van der Waals surface area contributed by atoms with E-state index in [1.807, 2.05) is 42.5 Å². The standard InChI is InChI=1S/C15H14Br2O2/c1-18-13-7-5-11(6-8-13)10-19-15-12(9-16)3-2-4-14(15)17/h2-8H,9-10H2,1H3. The van der Waals surface area contributed by atoms with Crippen LogP contribution in [0.3, 0.4) is 0 Å². The molecule has 0 aliphatic rings. The van der Waals surface area contributed by atoms with Gasteiger partial charge in [0.25, 0.3) is 0 Å². The molecule has 19 heavy (non-hydrogen) atoms. The van der Waals surface area contributed by atoms with Crippen molar-refractivity contribution in [2.45, 2.75) is 11.9 Å². The molecule has 0 atom stereocenters. The molecular weight excluding hydrogens is 372 g/mol. The predicted molar refractivity (Wildman–Crippen MR) is 84.1 cm³/mol. The van der Waals surface area contributed by atoms with Crippen LogP contribution in [0.25, 0.3) is 0 Å². The Morgan fingerprint density at radius 2 is 1.79 bits per heavy atom. The minimum atomic E-state index is 0.534. The third-order valence-corrected chi connectivity index (χ3v) is 3.96. The zero-order valence-electron chi connectivity index (χ0n) is 10.5. The molecule has 0 fully saturated rings. The van der Waals surface area contributed by atoms with Crippen molar-refractivity contribution < 1.29 is 9.47 Å². The van der Waals surface area contributed by atoms with E-state index in [4.69, 9.17) is 9.47 Å². The number of benzene rings is 2. The number of methoxy groups -OCH3 is 1. The van der Waals surface area contributed by atoms with E-state index in [9.17, 15) is 0 Å². The van der Waals surface area contributed by atoms with Crippen molar-refractivity contribution in [3.05, 3.63) is 58.1 Å². The minimum Gasteiger partial charge on any atom is -0.497 e. The van der Waals surface area contributed by atoms with Crippen LogP contribution in [-0.2, 0) is 11.9 Å². The summed E-state index contributed by atoms with van der Waals surface area (Å²) in [4.78, 5) is 0. The molecule has 0 amide bonds. The van der Waals surface area contributed by atoms with Gasteiger partial charge >= 0.3 is 0 Å². The molecule has 2 aromatic rings. The van der Waals surface area contributed by atoms with Crippen molar-refractivity contribution in [1.82, 2.24) is 0 Å². The van der Waals surface area contributed by atoms with Crippen LogP contribution in [0.2, 0.25) is 0 Å². The molecule has 2 nitrogen and oxygen atoms in total. The van der Waals surface area contributed by atoms with Crippen LogP contribution in [0.4, 0.5) is 0 Å². The van der Waals surface area contributed by atoms with Crippen LogP contribution < -0.4 is 9.47 Å². The second-order valence-electron chi connectivity index (χ2n) is 4.00. The Kier molecular flexibility index (Phi) is 5.28. The molecular formula is C15H14Br2O2. The van der Waals surface area contributed by atoms with Gasteiger partial charge in [-0.3, -0.25) is 0 Å². The number of hydrogen-bond acceptors (Lipinski definition) is 2. The van der Waals surface area contributed by atoms with Crippen molar-refractivity contribution in [2.75, 3.05) is 7.11 Å². The van der Waals surface area contributed by atoms with E-state index >= 15 is 0 Å². The topological polar surface area (TPSA) is 18.5 Å². The first-order valence-electron chi connectivity index (χ1n) is 5.83. The fourth-order valence-electron chi connectivity index (χ4n) is 1.70. The SMILES string of the molecule is COc1ccc(COc2c(Br)cccc2CBr)cc1. The van der Waals surface area contributed by atoms with Gasteiger partial charge < -0.3 is 9.47 Å². The molecule has 2 aromatic carbocycles. The van der Waals surface area contributed by atoms with Gasteiger partial charge in [-0.25, -0.2) is 0 Å². The maximum Gasteiger partial charge on any atom is 0.138 e. The van der Waals surface area contributed by atoms with E-state index < -0.39 is 0 Å². The smallest absolute Gasteiger partial charge is 0.138 e. The minimum absolute atomic E-state index is 0.534. The van der Waals surface area contributed by atoms with Crippen molar-refractivity contribution in [3.63, 3.8) is 0 Å². The molecule has 2 rings (SSSR count). The summed E-state index contributed by atoms with van der Waals surface area (Å²) in [5.74, 6) is 1.74. The Balaban J connectivity index is 2.09. The number of halogens is 2. The van der Waals surface area contributed by atoms with Crippen molar-refractivity contribution in [2.24, 2.45) is 0 Å². The van der Waals surface area contributed by atoms with Crippen LogP contribution in [0.15, 0.2) is 46.9 Å². The molecule has 0 aliphatic carbocycles. The van der Waals surface area contributed by atoms with Gasteiger partial charge in [0.2, 0.25) is 0 Å². The monoisotopic (exact) mass is 384 g/mol. The van der Waals surface area contributed by atoms with E-state index in [0.717, 1.165) is 32.4 Å². The Morgan fingerprint density at radius 1 is 1.05 bits per heavy atom. The lowest BCUT2D eigenvalue weighted by Gasteiger charge is -2.12. The van der Waals surface area contributed by atoms with Crippen molar-refractivity contribution >= 4 is 31.9 Å². The summed E-state index contributed by atoms with van der Waals surface area (Å²) in [6.07, 6.45) is 0. The number of alkyl halides is 1. The number of ether oxygens (including phenoxy) is 2. The third kappa shape index (κ3) is 3.74. The number of rotatable bonds is 5. The second-order valence-corrected chi connectivity index (χ2v) is 5.41. The summed E-state index contributed by atoms with van der Waals surface area (Å²) in [6, 6.07) is 13.9. The quantitative estimate of drug-likeness (QED) is 0.679. The van der Waals surface area contributed by atoms with Gasteiger partial charge in [-0.15, -0.1) is 0 Å². The Morgan fingerprint density at radius 3 is 2.42 bits per heavy atom. The van der Waals surface area contributed by atoms with Crippen LogP contribution in [0, 0.1) is 0 Å². The Bertz CT molecular complexity index is 538. The first-order chi connectivity index (χ1) is 9.24. The number of hydrogen-bond donors (Lipinski definition) is 0. The molecule has 0 aromatic heterocycles. The molecule has 0 bridgehead atoms. The fourth-order valence-corrected chi connectivity index (χ4v) is 2.66. The van der Waals surface area contributed by atoms with Crippen molar-refractivity contribution in [1.29, 1.82) is 0 Å². The van der Waals surface area contributed by atoms with Crippen LogP contribution >= 0.6 is 31.9 Å². The van der Waals surface area contributed by atoms with Gasteiger partial charge in [-0.1, -0.05) is 40.2 Å². The molecule has 0 unspecified atom stereocenters. The molecule has 0 N–H and O–H groups in total. The highest BCUT2D eigenvalue weighted by molar-refractivity contribution is 9.10. The average Bonchev–Trinajstić information content (AvgIpc) is 2.46. The highest BCUT2D eigenvalue weighted by Crippen LogP contribution is 2.31. The lowest BCUT2D eigenvalue weighted by molar-refractivity contribution is 0.301. The van der Waals surface area contributed by atoms with Gasteiger partial charge in [0.05, 0.1) is 11.6 Å². The van der Waals surface area contributed by atoms with E-state index in [-0.39, 0.29) is 0 Å². The van der Waals surface area contributed by atoms with Gasteiger partial charge in [0, 0.05) is 10.9 Å². The highest BCUT2D eigenvalue weighted by atomic mass is 79.9. The van der Waals surface area contributed by atoms with Gasteiger partial charge in [-0.2, -0.15) is 0 Å². The summed E-state index contributed by atoms with van der Waals surface area (Å²) >= 11 is 6.99. The Hall–Kier alpha value is -1.00. The molecule has 0 saturated heterocycles. The lowest BCUT2D eigenvalue weighted by Crippen LogP contribution is -1.98.